The van der Waals surface area contributed by atoms with E-state index in [1.165, 1.54) is 17.0 Å². The van der Waals surface area contributed by atoms with Gasteiger partial charge in [0, 0.05) is 19.6 Å². The Hall–Kier alpha value is -1.66. The van der Waals surface area contributed by atoms with Gasteiger partial charge in [0.25, 0.3) is 5.91 Å². The summed E-state index contributed by atoms with van der Waals surface area (Å²) in [5.41, 5.74) is -0.0187. The highest BCUT2D eigenvalue weighted by molar-refractivity contribution is 6.34. The van der Waals surface area contributed by atoms with Crippen molar-refractivity contribution < 1.29 is 19.1 Å². The van der Waals surface area contributed by atoms with Crippen molar-refractivity contribution in [2.45, 2.75) is 6.04 Å². The van der Waals surface area contributed by atoms with Gasteiger partial charge in [-0.3, -0.25) is 4.79 Å². The van der Waals surface area contributed by atoms with E-state index in [4.69, 9.17) is 16.7 Å². The number of carboxylic acids is 1. The van der Waals surface area contributed by atoms with E-state index in [0.717, 1.165) is 6.07 Å². The molecule has 1 aliphatic rings. The number of hydrogen-bond donors (Lipinski definition) is 2. The summed E-state index contributed by atoms with van der Waals surface area (Å²) in [5, 5.41) is 11.7. The summed E-state index contributed by atoms with van der Waals surface area (Å²) in [4.78, 5) is 24.6. The molecule has 0 spiro atoms. The third kappa shape index (κ3) is 2.69. The molecule has 2 N–H and O–H groups in total. The monoisotopic (exact) mass is 286 g/mol. The summed E-state index contributed by atoms with van der Waals surface area (Å²) in [6, 6.07) is 2.92. The van der Waals surface area contributed by atoms with Crippen molar-refractivity contribution in [3.05, 3.63) is 34.6 Å². The number of hydrogen-bond acceptors (Lipinski definition) is 3. The molecule has 0 aliphatic carbocycles. The van der Waals surface area contributed by atoms with E-state index in [0.29, 0.717) is 6.54 Å². The maximum absolute atomic E-state index is 13.3. The third-order valence-corrected chi connectivity index (χ3v) is 3.36. The van der Waals surface area contributed by atoms with Crippen LogP contribution in [0.1, 0.15) is 10.4 Å². The van der Waals surface area contributed by atoms with Gasteiger partial charge in [-0.25, -0.2) is 9.18 Å². The minimum atomic E-state index is -1.10. The first-order chi connectivity index (χ1) is 9.02. The topological polar surface area (TPSA) is 69.6 Å². The first-order valence-corrected chi connectivity index (χ1v) is 6.08. The van der Waals surface area contributed by atoms with Gasteiger partial charge >= 0.3 is 5.97 Å². The van der Waals surface area contributed by atoms with Crippen molar-refractivity contribution in [2.24, 2.45) is 0 Å². The van der Waals surface area contributed by atoms with Crippen LogP contribution in [0.3, 0.4) is 0 Å². The van der Waals surface area contributed by atoms with E-state index in [1.807, 2.05) is 0 Å². The highest BCUT2D eigenvalue weighted by atomic mass is 35.5. The molecule has 19 heavy (non-hydrogen) atoms. The van der Waals surface area contributed by atoms with Gasteiger partial charge in [-0.1, -0.05) is 17.7 Å². The molecule has 7 heteroatoms. The molecule has 2 rings (SSSR count). The zero-order valence-electron chi connectivity index (χ0n) is 9.90. The van der Waals surface area contributed by atoms with Gasteiger partial charge in [0.05, 0.1) is 10.6 Å². The Morgan fingerprint density at radius 3 is 2.89 bits per heavy atom. The zero-order chi connectivity index (χ0) is 14.0. The average molecular weight is 287 g/mol. The predicted octanol–water partition coefficient (Wildman–Crippen LogP) is 0.978. The Labute approximate surface area is 114 Å². The summed E-state index contributed by atoms with van der Waals surface area (Å²) in [7, 11) is 0. The number of amides is 1. The van der Waals surface area contributed by atoms with Crippen LogP contribution < -0.4 is 5.32 Å². The van der Waals surface area contributed by atoms with Gasteiger partial charge in [-0.2, -0.15) is 0 Å². The molecule has 1 atom stereocenters. The first-order valence-electron chi connectivity index (χ1n) is 5.71. The number of carboxylic acid groups (broad SMARTS) is 1. The number of benzene rings is 1. The number of rotatable bonds is 2. The molecule has 1 fully saturated rings. The molecule has 102 valence electrons. The Bertz CT molecular complexity index is 524. The summed E-state index contributed by atoms with van der Waals surface area (Å²) < 4.78 is 13.3. The minimum Gasteiger partial charge on any atom is -0.480 e. The number of carbonyl (C=O) groups is 2. The molecule has 1 amide bonds. The first kappa shape index (κ1) is 13.8. The molecule has 1 unspecified atom stereocenters. The molecule has 0 aromatic heterocycles. The van der Waals surface area contributed by atoms with E-state index < -0.39 is 23.7 Å². The molecular formula is C12H12ClFN2O3. The smallest absolute Gasteiger partial charge is 0.327 e. The van der Waals surface area contributed by atoms with Gasteiger partial charge in [-0.15, -0.1) is 0 Å². The molecule has 0 radical (unpaired) electrons. The van der Waals surface area contributed by atoms with Crippen LogP contribution in [-0.2, 0) is 4.79 Å². The molecule has 1 saturated heterocycles. The van der Waals surface area contributed by atoms with Gasteiger partial charge in [-0.05, 0) is 12.1 Å². The lowest BCUT2D eigenvalue weighted by atomic mass is 10.1. The quantitative estimate of drug-likeness (QED) is 0.850. The fourth-order valence-electron chi connectivity index (χ4n) is 1.99. The lowest BCUT2D eigenvalue weighted by molar-refractivity contribution is -0.142. The standard InChI is InChI=1S/C12H12ClFN2O3/c13-10-7(2-1-3-8(10)14)11(17)16-5-4-15-6-9(16)12(18)19/h1-3,9,15H,4-6H2,(H,18,19). The number of aliphatic carboxylic acids is 1. The van der Waals surface area contributed by atoms with E-state index in [-0.39, 0.29) is 23.7 Å². The molecular weight excluding hydrogens is 275 g/mol. The number of halogens is 2. The second kappa shape index (κ2) is 5.54. The minimum absolute atomic E-state index is 0.0187. The Morgan fingerprint density at radius 2 is 2.21 bits per heavy atom. The number of carbonyl (C=O) groups excluding carboxylic acids is 1. The fraction of sp³-hybridized carbons (Fsp3) is 0.333. The SMILES string of the molecule is O=C(O)C1CNCCN1C(=O)c1cccc(F)c1Cl. The van der Waals surface area contributed by atoms with Crippen LogP contribution in [0, 0.1) is 5.82 Å². The summed E-state index contributed by atoms with van der Waals surface area (Å²) in [6.07, 6.45) is 0. The van der Waals surface area contributed by atoms with E-state index in [2.05, 4.69) is 5.32 Å². The fourth-order valence-corrected chi connectivity index (χ4v) is 2.20. The highest BCUT2D eigenvalue weighted by Gasteiger charge is 2.33. The molecule has 1 heterocycles. The molecule has 5 nitrogen and oxygen atoms in total. The van der Waals surface area contributed by atoms with E-state index in [9.17, 15) is 14.0 Å². The lowest BCUT2D eigenvalue weighted by Gasteiger charge is -2.33. The van der Waals surface area contributed by atoms with Crippen LogP contribution in [0.2, 0.25) is 5.02 Å². The highest BCUT2D eigenvalue weighted by Crippen LogP contribution is 2.22. The molecule has 1 aliphatic heterocycles. The second-order valence-corrected chi connectivity index (χ2v) is 4.54. The van der Waals surface area contributed by atoms with Gasteiger partial charge in [0.1, 0.15) is 11.9 Å². The maximum Gasteiger partial charge on any atom is 0.327 e. The number of piperazine rings is 1. The molecule has 1 aromatic rings. The van der Waals surface area contributed by atoms with Crippen LogP contribution in [0.15, 0.2) is 18.2 Å². The number of nitrogens with zero attached hydrogens (tertiary/aromatic N) is 1. The predicted molar refractivity (Wildman–Crippen MR) is 66.7 cm³/mol. The van der Waals surface area contributed by atoms with Crippen molar-refractivity contribution in [1.82, 2.24) is 10.2 Å². The second-order valence-electron chi connectivity index (χ2n) is 4.16. The summed E-state index contributed by atoms with van der Waals surface area (Å²) in [5.74, 6) is -2.37. The van der Waals surface area contributed by atoms with E-state index >= 15 is 0 Å². The van der Waals surface area contributed by atoms with Crippen molar-refractivity contribution in [1.29, 1.82) is 0 Å². The zero-order valence-corrected chi connectivity index (χ0v) is 10.7. The molecule has 1 aromatic carbocycles. The third-order valence-electron chi connectivity index (χ3n) is 2.97. The van der Waals surface area contributed by atoms with Crippen LogP contribution in [0.25, 0.3) is 0 Å². The molecule has 0 saturated carbocycles. The average Bonchev–Trinajstić information content (AvgIpc) is 2.41. The van der Waals surface area contributed by atoms with Crippen LogP contribution in [0.5, 0.6) is 0 Å². The Morgan fingerprint density at radius 1 is 1.47 bits per heavy atom. The Balaban J connectivity index is 2.31. The van der Waals surface area contributed by atoms with Gasteiger partial charge in [0.15, 0.2) is 0 Å². The Kier molecular flexibility index (Phi) is 4.01. The van der Waals surface area contributed by atoms with E-state index in [1.54, 1.807) is 0 Å². The van der Waals surface area contributed by atoms with Crippen LogP contribution in [-0.4, -0.2) is 47.6 Å². The van der Waals surface area contributed by atoms with Gasteiger partial charge in [0.2, 0.25) is 0 Å². The summed E-state index contributed by atoms with van der Waals surface area (Å²) in [6.45, 7) is 0.888. The maximum atomic E-state index is 13.3. The summed E-state index contributed by atoms with van der Waals surface area (Å²) >= 11 is 5.75. The van der Waals surface area contributed by atoms with Crippen molar-refractivity contribution >= 4 is 23.5 Å². The van der Waals surface area contributed by atoms with Crippen molar-refractivity contribution in [2.75, 3.05) is 19.6 Å². The van der Waals surface area contributed by atoms with Crippen molar-refractivity contribution in [3.8, 4) is 0 Å². The number of nitrogens with one attached hydrogen (secondary N) is 1. The normalized spacial score (nSPS) is 19.3. The van der Waals surface area contributed by atoms with Crippen molar-refractivity contribution in [3.63, 3.8) is 0 Å². The van der Waals surface area contributed by atoms with Crippen LogP contribution >= 0.6 is 11.6 Å². The largest absolute Gasteiger partial charge is 0.480 e. The molecule has 0 bridgehead atoms. The van der Waals surface area contributed by atoms with Gasteiger partial charge < -0.3 is 15.3 Å². The van der Waals surface area contributed by atoms with Crippen LogP contribution in [0.4, 0.5) is 4.39 Å². The lowest BCUT2D eigenvalue weighted by Crippen LogP contribution is -2.57.